The summed E-state index contributed by atoms with van der Waals surface area (Å²) in [5.41, 5.74) is 7.20. The van der Waals surface area contributed by atoms with E-state index in [0.717, 1.165) is 0 Å². The predicted molar refractivity (Wildman–Crippen MR) is 51.1 cm³/mol. The lowest BCUT2D eigenvalue weighted by molar-refractivity contribution is -0.135. The molecule has 0 bridgehead atoms. The van der Waals surface area contributed by atoms with E-state index in [9.17, 15) is 9.59 Å². The first kappa shape index (κ1) is 12.9. The number of amides is 2. The van der Waals surface area contributed by atoms with Crippen molar-refractivity contribution >= 4 is 11.8 Å². The molecule has 0 saturated heterocycles. The molecule has 0 heterocycles. The topological polar surface area (TPSA) is 84.7 Å². The van der Waals surface area contributed by atoms with Crippen LogP contribution in [0.3, 0.4) is 0 Å². The minimum absolute atomic E-state index is 0.0506. The molecule has 6 heteroatoms. The molecule has 6 nitrogen and oxygen atoms in total. The lowest BCUT2D eigenvalue weighted by atomic mass is 10.4. The fourth-order valence-corrected chi connectivity index (χ4v) is 0.923. The number of carbonyl (C=O) groups excluding carboxylic acids is 2. The van der Waals surface area contributed by atoms with Crippen LogP contribution in [0.5, 0.6) is 0 Å². The van der Waals surface area contributed by atoms with Crippen LogP contribution < -0.4 is 11.2 Å². The maximum atomic E-state index is 11.3. The number of hydrogen-bond acceptors (Lipinski definition) is 4. The van der Waals surface area contributed by atoms with Gasteiger partial charge < -0.3 is 10.6 Å². The van der Waals surface area contributed by atoms with E-state index < -0.39 is 5.91 Å². The molecule has 0 atom stereocenters. The van der Waals surface area contributed by atoms with E-state index in [1.165, 1.54) is 0 Å². The molecule has 2 amide bonds. The first-order valence-electron chi connectivity index (χ1n) is 4.52. The van der Waals surface area contributed by atoms with Crippen molar-refractivity contribution in [2.45, 2.75) is 13.8 Å². The summed E-state index contributed by atoms with van der Waals surface area (Å²) in [6.07, 6.45) is 0. The van der Waals surface area contributed by atoms with E-state index in [1.807, 2.05) is 13.8 Å². The summed E-state index contributed by atoms with van der Waals surface area (Å²) in [7, 11) is 0. The van der Waals surface area contributed by atoms with Crippen LogP contribution in [0, 0.1) is 0 Å². The number of rotatable bonds is 7. The van der Waals surface area contributed by atoms with E-state index in [1.54, 1.807) is 4.90 Å². The third-order valence-corrected chi connectivity index (χ3v) is 1.66. The van der Waals surface area contributed by atoms with Gasteiger partial charge in [-0.2, -0.15) is 5.48 Å². The molecule has 0 aliphatic rings. The smallest absolute Gasteiger partial charge is 0.245 e. The van der Waals surface area contributed by atoms with Crippen molar-refractivity contribution in [3.63, 3.8) is 0 Å². The SMILES string of the molecule is CCN(CC)C(=O)CNOCC(N)=O. The quantitative estimate of drug-likeness (QED) is 0.404. The van der Waals surface area contributed by atoms with Crippen LogP contribution in [0.4, 0.5) is 0 Å². The Morgan fingerprint density at radius 3 is 2.36 bits per heavy atom. The summed E-state index contributed by atoms with van der Waals surface area (Å²) in [5.74, 6) is -0.646. The molecule has 0 saturated carbocycles. The molecule has 0 aromatic rings. The maximum absolute atomic E-state index is 11.3. The van der Waals surface area contributed by atoms with Gasteiger partial charge in [0, 0.05) is 13.1 Å². The Hall–Kier alpha value is -1.14. The van der Waals surface area contributed by atoms with Gasteiger partial charge in [0.25, 0.3) is 0 Å². The van der Waals surface area contributed by atoms with Crippen LogP contribution in [0.2, 0.25) is 0 Å². The second kappa shape index (κ2) is 7.28. The normalized spacial score (nSPS) is 9.86. The molecule has 0 aliphatic heterocycles. The number of primary amides is 1. The molecule has 0 rings (SSSR count). The van der Waals surface area contributed by atoms with Gasteiger partial charge in [-0.3, -0.25) is 14.4 Å². The third-order valence-electron chi connectivity index (χ3n) is 1.66. The molecule has 0 fully saturated rings. The molecule has 82 valence electrons. The average Bonchev–Trinajstić information content (AvgIpc) is 2.14. The van der Waals surface area contributed by atoms with Gasteiger partial charge in [-0.1, -0.05) is 0 Å². The fourth-order valence-electron chi connectivity index (χ4n) is 0.923. The van der Waals surface area contributed by atoms with Crippen molar-refractivity contribution in [2.24, 2.45) is 5.73 Å². The van der Waals surface area contributed by atoms with Crippen molar-refractivity contribution in [2.75, 3.05) is 26.2 Å². The summed E-state index contributed by atoms with van der Waals surface area (Å²) in [6.45, 7) is 4.93. The summed E-state index contributed by atoms with van der Waals surface area (Å²) >= 11 is 0. The lowest BCUT2D eigenvalue weighted by Gasteiger charge is -2.18. The Morgan fingerprint density at radius 1 is 1.36 bits per heavy atom. The molecule has 0 radical (unpaired) electrons. The number of nitrogens with two attached hydrogens (primary N) is 1. The monoisotopic (exact) mass is 203 g/mol. The number of hydroxylamine groups is 1. The Balaban J connectivity index is 3.57. The minimum Gasteiger partial charge on any atom is -0.368 e. The minimum atomic E-state index is -0.576. The van der Waals surface area contributed by atoms with Crippen molar-refractivity contribution < 1.29 is 14.4 Å². The summed E-state index contributed by atoms with van der Waals surface area (Å²) in [5, 5.41) is 0. The molecule has 0 unspecified atom stereocenters. The molecule has 0 aromatic heterocycles. The first-order chi connectivity index (χ1) is 6.61. The summed E-state index contributed by atoms with van der Waals surface area (Å²) < 4.78 is 0. The number of hydrogen-bond donors (Lipinski definition) is 2. The number of nitrogens with one attached hydrogen (secondary N) is 1. The van der Waals surface area contributed by atoms with Crippen LogP contribution in [-0.2, 0) is 14.4 Å². The molecule has 0 aromatic carbocycles. The van der Waals surface area contributed by atoms with Gasteiger partial charge in [0.2, 0.25) is 11.8 Å². The van der Waals surface area contributed by atoms with Gasteiger partial charge in [-0.25, -0.2) is 0 Å². The van der Waals surface area contributed by atoms with Crippen LogP contribution >= 0.6 is 0 Å². The maximum Gasteiger partial charge on any atom is 0.245 e. The lowest BCUT2D eigenvalue weighted by Crippen LogP contribution is -2.38. The number of carbonyl (C=O) groups is 2. The highest BCUT2D eigenvalue weighted by Gasteiger charge is 2.08. The zero-order chi connectivity index (χ0) is 11.0. The first-order valence-corrected chi connectivity index (χ1v) is 4.52. The van der Waals surface area contributed by atoms with Gasteiger partial charge in [0.15, 0.2) is 0 Å². The van der Waals surface area contributed by atoms with Gasteiger partial charge in [0.1, 0.15) is 13.2 Å². The van der Waals surface area contributed by atoms with Gasteiger partial charge in [-0.15, -0.1) is 0 Å². The van der Waals surface area contributed by atoms with Crippen molar-refractivity contribution in [3.8, 4) is 0 Å². The Morgan fingerprint density at radius 2 is 1.93 bits per heavy atom. The Labute approximate surface area is 83.3 Å². The van der Waals surface area contributed by atoms with Crippen LogP contribution in [0.1, 0.15) is 13.8 Å². The number of likely N-dealkylation sites (N-methyl/N-ethyl adjacent to an activating group) is 1. The standard InChI is InChI=1S/C8H17N3O3/c1-3-11(4-2)8(13)5-10-14-6-7(9)12/h10H,3-6H2,1-2H3,(H2,9,12). The highest BCUT2D eigenvalue weighted by Crippen LogP contribution is 1.86. The van der Waals surface area contributed by atoms with Crippen LogP contribution in [-0.4, -0.2) is 43.0 Å². The van der Waals surface area contributed by atoms with E-state index in [0.29, 0.717) is 13.1 Å². The van der Waals surface area contributed by atoms with Crippen molar-refractivity contribution in [1.29, 1.82) is 0 Å². The van der Waals surface area contributed by atoms with E-state index in [4.69, 9.17) is 5.73 Å². The Kier molecular flexibility index (Phi) is 6.69. The molecule has 0 aliphatic carbocycles. The van der Waals surface area contributed by atoms with E-state index in [-0.39, 0.29) is 19.1 Å². The van der Waals surface area contributed by atoms with E-state index >= 15 is 0 Å². The van der Waals surface area contributed by atoms with Crippen molar-refractivity contribution in [1.82, 2.24) is 10.4 Å². The zero-order valence-electron chi connectivity index (χ0n) is 8.58. The Bertz CT molecular complexity index is 192. The van der Waals surface area contributed by atoms with Gasteiger partial charge in [0.05, 0.1) is 0 Å². The fraction of sp³-hybridized carbons (Fsp3) is 0.750. The largest absolute Gasteiger partial charge is 0.368 e. The van der Waals surface area contributed by atoms with Crippen molar-refractivity contribution in [3.05, 3.63) is 0 Å². The molecular formula is C8H17N3O3. The predicted octanol–water partition coefficient (Wildman–Crippen LogP) is -1.14. The zero-order valence-corrected chi connectivity index (χ0v) is 8.58. The third kappa shape index (κ3) is 5.50. The summed E-state index contributed by atoms with van der Waals surface area (Å²) in [6, 6.07) is 0. The van der Waals surface area contributed by atoms with Gasteiger partial charge in [-0.05, 0) is 13.8 Å². The number of nitrogens with zero attached hydrogens (tertiary/aromatic N) is 1. The second-order valence-corrected chi connectivity index (χ2v) is 2.64. The van der Waals surface area contributed by atoms with E-state index in [2.05, 4.69) is 10.3 Å². The molecule has 14 heavy (non-hydrogen) atoms. The van der Waals surface area contributed by atoms with Crippen LogP contribution in [0.25, 0.3) is 0 Å². The highest BCUT2D eigenvalue weighted by molar-refractivity contribution is 5.78. The van der Waals surface area contributed by atoms with Crippen LogP contribution in [0.15, 0.2) is 0 Å². The highest BCUT2D eigenvalue weighted by atomic mass is 16.6. The molecule has 3 N–H and O–H groups in total. The summed E-state index contributed by atoms with van der Waals surface area (Å²) in [4.78, 5) is 27.9. The second-order valence-electron chi connectivity index (χ2n) is 2.64. The van der Waals surface area contributed by atoms with Gasteiger partial charge >= 0.3 is 0 Å². The average molecular weight is 203 g/mol. The molecular weight excluding hydrogens is 186 g/mol. The molecule has 0 spiro atoms.